The maximum atomic E-state index is 13.3. The molecule has 0 bridgehead atoms. The van der Waals surface area contributed by atoms with E-state index < -0.39 is 16.1 Å². The van der Waals surface area contributed by atoms with Crippen LogP contribution in [0.5, 0.6) is 0 Å². The van der Waals surface area contributed by atoms with E-state index in [2.05, 4.69) is 12.1 Å². The third-order valence-electron chi connectivity index (χ3n) is 5.84. The summed E-state index contributed by atoms with van der Waals surface area (Å²) in [5, 5.41) is 0. The van der Waals surface area contributed by atoms with Crippen LogP contribution in [0.15, 0.2) is 30.3 Å². The van der Waals surface area contributed by atoms with Gasteiger partial charge in [0, 0.05) is 25.6 Å². The highest BCUT2D eigenvalue weighted by Gasteiger charge is 2.42. The van der Waals surface area contributed by atoms with Crippen molar-refractivity contribution in [2.24, 2.45) is 11.7 Å². The van der Waals surface area contributed by atoms with E-state index in [1.165, 1.54) is 9.87 Å². The lowest BCUT2D eigenvalue weighted by molar-refractivity contribution is -0.135. The number of piperidine rings is 1. The minimum Gasteiger partial charge on any atom is -0.340 e. The first-order chi connectivity index (χ1) is 13.0. The van der Waals surface area contributed by atoms with Gasteiger partial charge in [-0.25, -0.2) is 8.42 Å². The van der Waals surface area contributed by atoms with E-state index in [1.807, 2.05) is 30.0 Å². The first-order valence-electron chi connectivity index (χ1n) is 10.0. The van der Waals surface area contributed by atoms with Crippen LogP contribution in [0.1, 0.15) is 44.1 Å². The van der Waals surface area contributed by atoms with Crippen LogP contribution in [0.3, 0.4) is 0 Å². The lowest BCUT2D eigenvalue weighted by Gasteiger charge is -2.35. The van der Waals surface area contributed by atoms with Crippen LogP contribution in [-0.4, -0.2) is 61.5 Å². The highest BCUT2D eigenvalue weighted by Crippen LogP contribution is 2.34. The lowest BCUT2D eigenvalue weighted by atomic mass is 9.89. The molecule has 2 fully saturated rings. The number of likely N-dealkylation sites (tertiary alicyclic amines) is 1. The van der Waals surface area contributed by atoms with Crippen LogP contribution in [0.25, 0.3) is 0 Å². The van der Waals surface area contributed by atoms with Crippen molar-refractivity contribution in [2.45, 2.75) is 44.6 Å². The number of carbonyl (C=O) groups excluding carboxylic acids is 1. The van der Waals surface area contributed by atoms with E-state index in [1.54, 1.807) is 0 Å². The normalized spacial score (nSPS) is 27.0. The molecule has 0 aliphatic carbocycles. The van der Waals surface area contributed by atoms with Gasteiger partial charge < -0.3 is 10.6 Å². The number of benzene rings is 1. The van der Waals surface area contributed by atoms with Gasteiger partial charge in [-0.1, -0.05) is 43.7 Å². The van der Waals surface area contributed by atoms with Crippen LogP contribution in [0, 0.1) is 5.92 Å². The SMILES string of the molecule is CCCS(=O)(=O)N1CCCCC1C(=O)N1C[C@@H](CN)[C@H](c2ccccc2)C1. The van der Waals surface area contributed by atoms with Crippen LogP contribution in [0.4, 0.5) is 0 Å². The van der Waals surface area contributed by atoms with Crippen molar-refractivity contribution in [2.75, 3.05) is 31.9 Å². The molecule has 0 saturated carbocycles. The van der Waals surface area contributed by atoms with Crippen molar-refractivity contribution in [3.8, 4) is 0 Å². The average Bonchev–Trinajstić information content (AvgIpc) is 3.12. The Morgan fingerprint density at radius 1 is 1.19 bits per heavy atom. The summed E-state index contributed by atoms with van der Waals surface area (Å²) in [5.74, 6) is 0.478. The Labute approximate surface area is 162 Å². The molecule has 0 spiro atoms. The molecule has 3 atom stereocenters. The van der Waals surface area contributed by atoms with E-state index in [0.29, 0.717) is 39.0 Å². The molecule has 2 heterocycles. The second kappa shape index (κ2) is 8.71. The summed E-state index contributed by atoms with van der Waals surface area (Å²) in [6.45, 7) is 4.05. The van der Waals surface area contributed by atoms with E-state index in [0.717, 1.165) is 12.8 Å². The zero-order valence-electron chi connectivity index (χ0n) is 16.1. The standard InChI is InChI=1S/C20H31N3O3S/c1-2-12-27(25,26)23-11-7-6-10-19(23)20(24)22-14-17(13-21)18(15-22)16-8-4-3-5-9-16/h3-5,8-9,17-19H,2,6-7,10-15,21H2,1H3/t17-,18+,19?/m1/s1. The Kier molecular flexibility index (Phi) is 6.55. The minimum atomic E-state index is -3.38. The highest BCUT2D eigenvalue weighted by atomic mass is 32.2. The number of hydrogen-bond donors (Lipinski definition) is 1. The largest absolute Gasteiger partial charge is 0.340 e. The Balaban J connectivity index is 1.78. The molecule has 1 aromatic rings. The molecule has 3 rings (SSSR count). The van der Waals surface area contributed by atoms with Crippen molar-refractivity contribution in [3.05, 3.63) is 35.9 Å². The van der Waals surface area contributed by atoms with Gasteiger partial charge in [-0.05, 0) is 37.3 Å². The summed E-state index contributed by atoms with van der Waals surface area (Å²) in [6, 6.07) is 9.61. The van der Waals surface area contributed by atoms with Gasteiger partial charge in [-0.2, -0.15) is 4.31 Å². The van der Waals surface area contributed by atoms with Crippen LogP contribution in [0.2, 0.25) is 0 Å². The quantitative estimate of drug-likeness (QED) is 0.798. The molecule has 1 unspecified atom stereocenters. The van der Waals surface area contributed by atoms with Crippen molar-refractivity contribution in [1.82, 2.24) is 9.21 Å². The fourth-order valence-corrected chi connectivity index (χ4v) is 6.18. The molecule has 2 aliphatic heterocycles. The number of carbonyl (C=O) groups is 1. The Bertz CT molecular complexity index is 738. The summed E-state index contributed by atoms with van der Waals surface area (Å²) in [4.78, 5) is 15.1. The number of nitrogens with zero attached hydrogens (tertiary/aromatic N) is 2. The second-order valence-corrected chi connectivity index (χ2v) is 9.74. The number of amides is 1. The summed E-state index contributed by atoms with van der Waals surface area (Å²) >= 11 is 0. The first kappa shape index (κ1) is 20.3. The predicted octanol–water partition coefficient (Wildman–Crippen LogP) is 1.78. The smallest absolute Gasteiger partial charge is 0.241 e. The zero-order valence-corrected chi connectivity index (χ0v) is 16.9. The molecular weight excluding hydrogens is 362 g/mol. The van der Waals surface area contributed by atoms with Gasteiger partial charge in [-0.3, -0.25) is 4.79 Å². The van der Waals surface area contributed by atoms with Gasteiger partial charge >= 0.3 is 0 Å². The molecule has 27 heavy (non-hydrogen) atoms. The molecule has 2 aliphatic rings. The average molecular weight is 394 g/mol. The van der Waals surface area contributed by atoms with Crippen molar-refractivity contribution < 1.29 is 13.2 Å². The maximum absolute atomic E-state index is 13.3. The molecule has 150 valence electrons. The minimum absolute atomic E-state index is 0.0498. The zero-order chi connectivity index (χ0) is 19.4. The molecule has 1 aromatic carbocycles. The van der Waals surface area contributed by atoms with Crippen molar-refractivity contribution in [1.29, 1.82) is 0 Å². The summed E-state index contributed by atoms with van der Waals surface area (Å²) < 4.78 is 26.8. The second-order valence-electron chi connectivity index (χ2n) is 7.69. The van der Waals surface area contributed by atoms with Crippen molar-refractivity contribution >= 4 is 15.9 Å². The fourth-order valence-electron chi connectivity index (χ4n) is 4.44. The van der Waals surface area contributed by atoms with Gasteiger partial charge in [0.25, 0.3) is 0 Å². The van der Waals surface area contributed by atoms with Gasteiger partial charge in [0.2, 0.25) is 15.9 Å². The third kappa shape index (κ3) is 4.36. The van der Waals surface area contributed by atoms with E-state index in [9.17, 15) is 13.2 Å². The molecule has 2 saturated heterocycles. The summed E-state index contributed by atoms with van der Waals surface area (Å²) in [7, 11) is -3.38. The van der Waals surface area contributed by atoms with Gasteiger partial charge in [0.15, 0.2) is 0 Å². The third-order valence-corrected chi connectivity index (χ3v) is 7.92. The monoisotopic (exact) mass is 393 g/mol. The van der Waals surface area contributed by atoms with E-state index >= 15 is 0 Å². The van der Waals surface area contributed by atoms with Crippen LogP contribution < -0.4 is 5.73 Å². The molecule has 0 aromatic heterocycles. The van der Waals surface area contributed by atoms with Gasteiger partial charge in [0.1, 0.15) is 6.04 Å². The lowest BCUT2D eigenvalue weighted by Crippen LogP contribution is -2.53. The van der Waals surface area contributed by atoms with Crippen LogP contribution >= 0.6 is 0 Å². The molecule has 2 N–H and O–H groups in total. The molecule has 0 radical (unpaired) electrons. The van der Waals surface area contributed by atoms with Crippen LogP contribution in [-0.2, 0) is 14.8 Å². The maximum Gasteiger partial charge on any atom is 0.241 e. The van der Waals surface area contributed by atoms with E-state index in [-0.39, 0.29) is 23.5 Å². The Morgan fingerprint density at radius 2 is 1.93 bits per heavy atom. The highest BCUT2D eigenvalue weighted by molar-refractivity contribution is 7.89. The van der Waals surface area contributed by atoms with E-state index in [4.69, 9.17) is 5.73 Å². The molecule has 6 nitrogen and oxygen atoms in total. The Hall–Kier alpha value is -1.44. The number of nitrogens with two attached hydrogens (primary N) is 1. The predicted molar refractivity (Wildman–Crippen MR) is 107 cm³/mol. The number of sulfonamides is 1. The van der Waals surface area contributed by atoms with Gasteiger partial charge in [0.05, 0.1) is 5.75 Å². The summed E-state index contributed by atoms with van der Waals surface area (Å²) in [5.41, 5.74) is 7.19. The number of rotatable bonds is 6. The fraction of sp³-hybridized carbons (Fsp3) is 0.650. The molecule has 1 amide bonds. The van der Waals surface area contributed by atoms with Gasteiger partial charge in [-0.15, -0.1) is 0 Å². The molecular formula is C20H31N3O3S. The topological polar surface area (TPSA) is 83.7 Å². The summed E-state index contributed by atoms with van der Waals surface area (Å²) in [6.07, 6.45) is 2.89. The Morgan fingerprint density at radius 3 is 2.59 bits per heavy atom. The van der Waals surface area contributed by atoms with Crippen molar-refractivity contribution in [3.63, 3.8) is 0 Å². The molecule has 7 heteroatoms. The first-order valence-corrected chi connectivity index (χ1v) is 11.6. The number of hydrogen-bond acceptors (Lipinski definition) is 4.